The Labute approximate surface area is 154 Å². The summed E-state index contributed by atoms with van der Waals surface area (Å²) in [4.78, 5) is 36.3. The van der Waals surface area contributed by atoms with Gasteiger partial charge in [-0.3, -0.25) is 9.59 Å². The number of nitrogens with zero attached hydrogens (tertiary/aromatic N) is 3. The average molecular weight is 356 g/mol. The molecule has 1 aromatic heterocycles. The molecule has 1 aliphatic rings. The Kier molecular flexibility index (Phi) is 5.59. The second kappa shape index (κ2) is 7.89. The number of amides is 2. The lowest BCUT2D eigenvalue weighted by Crippen LogP contribution is -2.37. The van der Waals surface area contributed by atoms with Crippen molar-refractivity contribution in [2.45, 2.75) is 46.0 Å². The Morgan fingerprint density at radius 3 is 2.46 bits per heavy atom. The second-order valence-corrected chi connectivity index (χ2v) is 7.27. The number of rotatable bonds is 4. The monoisotopic (exact) mass is 356 g/mol. The fourth-order valence-corrected chi connectivity index (χ4v) is 3.39. The molecule has 1 aliphatic heterocycles. The van der Waals surface area contributed by atoms with Gasteiger partial charge in [0, 0.05) is 38.5 Å². The van der Waals surface area contributed by atoms with E-state index in [-0.39, 0.29) is 11.8 Å². The van der Waals surface area contributed by atoms with E-state index in [1.807, 2.05) is 34.9 Å². The van der Waals surface area contributed by atoms with Gasteiger partial charge in [-0.2, -0.15) is 0 Å². The van der Waals surface area contributed by atoms with Crippen LogP contribution in [0.1, 0.15) is 50.9 Å². The number of imidazole rings is 1. The van der Waals surface area contributed by atoms with E-state index in [9.17, 15) is 9.59 Å². The van der Waals surface area contributed by atoms with Crippen LogP contribution in [-0.4, -0.2) is 57.8 Å². The lowest BCUT2D eigenvalue weighted by molar-refractivity contribution is -0.133. The van der Waals surface area contributed by atoms with Crippen molar-refractivity contribution in [2.24, 2.45) is 0 Å². The average Bonchev–Trinajstić information content (AvgIpc) is 2.89. The maximum absolute atomic E-state index is 12.7. The molecule has 0 unspecified atom stereocenters. The van der Waals surface area contributed by atoms with Crippen LogP contribution >= 0.6 is 0 Å². The summed E-state index contributed by atoms with van der Waals surface area (Å²) in [5.41, 5.74) is 2.91. The van der Waals surface area contributed by atoms with Crippen LogP contribution in [0.15, 0.2) is 18.2 Å². The summed E-state index contributed by atoms with van der Waals surface area (Å²) in [6.07, 6.45) is 1.75. The van der Waals surface area contributed by atoms with Crippen molar-refractivity contribution in [3.8, 4) is 0 Å². The molecule has 6 nitrogen and oxygen atoms in total. The summed E-state index contributed by atoms with van der Waals surface area (Å²) in [7, 11) is 0. The largest absolute Gasteiger partial charge is 0.342 e. The molecule has 140 valence electrons. The van der Waals surface area contributed by atoms with Gasteiger partial charge in [-0.25, -0.2) is 4.98 Å². The normalized spacial score (nSPS) is 15.5. The third-order valence-corrected chi connectivity index (χ3v) is 4.97. The molecule has 1 N–H and O–H groups in total. The van der Waals surface area contributed by atoms with Gasteiger partial charge in [-0.1, -0.05) is 26.8 Å². The Balaban J connectivity index is 1.65. The van der Waals surface area contributed by atoms with Crippen molar-refractivity contribution < 1.29 is 9.59 Å². The molecular weight excluding hydrogens is 328 g/mol. The zero-order valence-corrected chi connectivity index (χ0v) is 15.9. The Morgan fingerprint density at radius 1 is 1.12 bits per heavy atom. The summed E-state index contributed by atoms with van der Waals surface area (Å²) in [6.45, 7) is 8.81. The number of H-pyrrole nitrogens is 1. The van der Waals surface area contributed by atoms with E-state index in [0.29, 0.717) is 31.8 Å². The van der Waals surface area contributed by atoms with E-state index in [0.717, 1.165) is 41.9 Å². The van der Waals surface area contributed by atoms with Crippen LogP contribution in [0, 0.1) is 0 Å². The van der Waals surface area contributed by atoms with E-state index >= 15 is 0 Å². The van der Waals surface area contributed by atoms with Crippen LogP contribution in [0.5, 0.6) is 0 Å². The first kappa shape index (κ1) is 18.4. The highest BCUT2D eigenvalue weighted by Crippen LogP contribution is 2.19. The van der Waals surface area contributed by atoms with Crippen LogP contribution in [0.2, 0.25) is 0 Å². The van der Waals surface area contributed by atoms with Crippen LogP contribution in [0.3, 0.4) is 0 Å². The summed E-state index contributed by atoms with van der Waals surface area (Å²) >= 11 is 0. The first-order valence-electron chi connectivity index (χ1n) is 9.52. The standard InChI is InChI=1S/C20H28N4O2/c1-4-18(25)23-8-5-9-24(11-10-23)19(26)13-15-6-7-16-17(12-15)22-20(21-16)14(2)3/h6-7,12,14H,4-5,8-11,13H2,1-3H3,(H,21,22). The number of aromatic nitrogens is 2. The van der Waals surface area contributed by atoms with Crippen molar-refractivity contribution in [1.29, 1.82) is 0 Å². The Bertz CT molecular complexity index is 796. The predicted octanol–water partition coefficient (Wildman–Crippen LogP) is 2.70. The molecule has 2 amide bonds. The quantitative estimate of drug-likeness (QED) is 0.916. The van der Waals surface area contributed by atoms with Gasteiger partial charge in [0.1, 0.15) is 5.82 Å². The van der Waals surface area contributed by atoms with Crippen LogP contribution in [0.25, 0.3) is 11.0 Å². The fraction of sp³-hybridized carbons (Fsp3) is 0.550. The molecule has 6 heteroatoms. The first-order valence-corrected chi connectivity index (χ1v) is 9.52. The minimum Gasteiger partial charge on any atom is -0.342 e. The highest BCUT2D eigenvalue weighted by atomic mass is 16.2. The summed E-state index contributed by atoms with van der Waals surface area (Å²) in [6, 6.07) is 5.98. The minimum absolute atomic E-state index is 0.124. The van der Waals surface area contributed by atoms with Gasteiger partial charge in [0.2, 0.25) is 11.8 Å². The molecule has 1 fully saturated rings. The molecule has 1 aromatic carbocycles. The predicted molar refractivity (Wildman–Crippen MR) is 102 cm³/mol. The molecule has 0 bridgehead atoms. The molecule has 3 rings (SSSR count). The molecule has 0 spiro atoms. The van der Waals surface area contributed by atoms with Gasteiger partial charge in [-0.15, -0.1) is 0 Å². The van der Waals surface area contributed by atoms with E-state index in [1.54, 1.807) is 0 Å². The van der Waals surface area contributed by atoms with E-state index in [2.05, 4.69) is 23.8 Å². The number of aromatic amines is 1. The molecule has 2 heterocycles. The fourth-order valence-electron chi connectivity index (χ4n) is 3.39. The van der Waals surface area contributed by atoms with Gasteiger partial charge < -0.3 is 14.8 Å². The number of hydrogen-bond acceptors (Lipinski definition) is 3. The number of hydrogen-bond donors (Lipinski definition) is 1. The number of nitrogens with one attached hydrogen (secondary N) is 1. The lowest BCUT2D eigenvalue weighted by atomic mass is 10.1. The van der Waals surface area contributed by atoms with Crippen molar-refractivity contribution in [3.63, 3.8) is 0 Å². The molecule has 0 radical (unpaired) electrons. The Hall–Kier alpha value is -2.37. The molecule has 26 heavy (non-hydrogen) atoms. The molecule has 0 atom stereocenters. The summed E-state index contributed by atoms with van der Waals surface area (Å²) < 4.78 is 0. The van der Waals surface area contributed by atoms with Crippen LogP contribution < -0.4 is 0 Å². The third kappa shape index (κ3) is 4.06. The molecule has 1 saturated heterocycles. The first-order chi connectivity index (χ1) is 12.5. The second-order valence-electron chi connectivity index (χ2n) is 7.27. The van der Waals surface area contributed by atoms with E-state index < -0.39 is 0 Å². The lowest BCUT2D eigenvalue weighted by Gasteiger charge is -2.22. The SMILES string of the molecule is CCC(=O)N1CCCN(C(=O)Cc2ccc3nc(C(C)C)[nH]c3c2)CC1. The number of carbonyl (C=O) groups excluding carboxylic acids is 2. The van der Waals surface area contributed by atoms with Gasteiger partial charge >= 0.3 is 0 Å². The molecule has 2 aromatic rings. The Morgan fingerprint density at radius 2 is 1.81 bits per heavy atom. The maximum atomic E-state index is 12.7. The highest BCUT2D eigenvalue weighted by molar-refractivity contribution is 5.82. The topological polar surface area (TPSA) is 69.3 Å². The van der Waals surface area contributed by atoms with Crippen LogP contribution in [0.4, 0.5) is 0 Å². The van der Waals surface area contributed by atoms with E-state index in [1.165, 1.54) is 0 Å². The van der Waals surface area contributed by atoms with Crippen molar-refractivity contribution in [2.75, 3.05) is 26.2 Å². The zero-order valence-electron chi connectivity index (χ0n) is 15.9. The number of benzene rings is 1. The smallest absolute Gasteiger partial charge is 0.227 e. The third-order valence-electron chi connectivity index (χ3n) is 4.97. The highest BCUT2D eigenvalue weighted by Gasteiger charge is 2.21. The van der Waals surface area contributed by atoms with Gasteiger partial charge in [0.15, 0.2) is 0 Å². The van der Waals surface area contributed by atoms with Gasteiger partial charge in [-0.05, 0) is 24.1 Å². The van der Waals surface area contributed by atoms with Gasteiger partial charge in [0.25, 0.3) is 0 Å². The summed E-state index contributed by atoms with van der Waals surface area (Å²) in [5.74, 6) is 1.61. The van der Waals surface area contributed by atoms with Crippen molar-refractivity contribution in [3.05, 3.63) is 29.6 Å². The molecular formula is C20H28N4O2. The van der Waals surface area contributed by atoms with Crippen molar-refractivity contribution in [1.82, 2.24) is 19.8 Å². The van der Waals surface area contributed by atoms with E-state index in [4.69, 9.17) is 0 Å². The maximum Gasteiger partial charge on any atom is 0.227 e. The summed E-state index contributed by atoms with van der Waals surface area (Å²) in [5, 5.41) is 0. The van der Waals surface area contributed by atoms with Crippen molar-refractivity contribution >= 4 is 22.8 Å². The molecule has 0 aliphatic carbocycles. The zero-order chi connectivity index (χ0) is 18.7. The van der Waals surface area contributed by atoms with Gasteiger partial charge in [0.05, 0.1) is 17.5 Å². The minimum atomic E-state index is 0.124. The molecule has 0 saturated carbocycles. The number of fused-ring (bicyclic) bond motifs is 1. The number of carbonyl (C=O) groups is 2. The van der Waals surface area contributed by atoms with Crippen LogP contribution in [-0.2, 0) is 16.0 Å².